The molecule has 0 bridgehead atoms. The number of aliphatic hydroxyl groups excluding tert-OH is 1. The van der Waals surface area contributed by atoms with E-state index in [9.17, 15) is 13.9 Å². The second-order valence-electron chi connectivity index (χ2n) is 5.46. The Morgan fingerprint density at radius 3 is 2.29 bits per heavy atom. The molecule has 0 aliphatic rings. The van der Waals surface area contributed by atoms with Crippen LogP contribution < -0.4 is 14.8 Å². The largest absolute Gasteiger partial charge is 0.497 e. The first-order chi connectivity index (χ1) is 11.4. The van der Waals surface area contributed by atoms with E-state index >= 15 is 0 Å². The van der Waals surface area contributed by atoms with Gasteiger partial charge in [0.1, 0.15) is 23.1 Å². The summed E-state index contributed by atoms with van der Waals surface area (Å²) in [5, 5.41) is 13.5. The Balaban J connectivity index is 2.08. The lowest BCUT2D eigenvalue weighted by Crippen LogP contribution is -2.25. The highest BCUT2D eigenvalue weighted by molar-refractivity contribution is 5.41. The van der Waals surface area contributed by atoms with E-state index in [-0.39, 0.29) is 12.6 Å². The van der Waals surface area contributed by atoms with E-state index in [1.807, 2.05) is 0 Å². The molecule has 4 nitrogen and oxygen atoms in total. The van der Waals surface area contributed by atoms with Crippen LogP contribution >= 0.6 is 0 Å². The molecule has 6 heteroatoms. The van der Waals surface area contributed by atoms with Gasteiger partial charge in [0.2, 0.25) is 0 Å². The van der Waals surface area contributed by atoms with E-state index in [2.05, 4.69) is 5.32 Å². The number of halogens is 2. The van der Waals surface area contributed by atoms with Gasteiger partial charge in [0.25, 0.3) is 0 Å². The van der Waals surface area contributed by atoms with Gasteiger partial charge in [0.05, 0.1) is 20.3 Å². The van der Waals surface area contributed by atoms with Gasteiger partial charge in [0, 0.05) is 24.2 Å². The van der Waals surface area contributed by atoms with Gasteiger partial charge >= 0.3 is 0 Å². The highest BCUT2D eigenvalue weighted by atomic mass is 19.1. The average molecular weight is 337 g/mol. The molecule has 0 aliphatic carbocycles. The summed E-state index contributed by atoms with van der Waals surface area (Å²) in [5.74, 6) is -0.123. The molecule has 0 spiro atoms. The predicted octanol–water partition coefficient (Wildman–Crippen LogP) is 3.37. The van der Waals surface area contributed by atoms with E-state index in [1.165, 1.54) is 26.4 Å². The minimum absolute atomic E-state index is 0.183. The van der Waals surface area contributed by atoms with Crippen LogP contribution in [0.15, 0.2) is 36.4 Å². The normalized spacial score (nSPS) is 13.4. The van der Waals surface area contributed by atoms with E-state index in [0.29, 0.717) is 22.6 Å². The molecule has 0 aromatic heterocycles. The Kier molecular flexibility index (Phi) is 6.11. The molecule has 24 heavy (non-hydrogen) atoms. The summed E-state index contributed by atoms with van der Waals surface area (Å²) in [6, 6.07) is 8.16. The molecule has 0 radical (unpaired) electrons. The maximum atomic E-state index is 13.3. The van der Waals surface area contributed by atoms with Gasteiger partial charge in [-0.05, 0) is 42.8 Å². The third kappa shape index (κ3) is 4.43. The highest BCUT2D eigenvalue weighted by Gasteiger charge is 2.16. The van der Waals surface area contributed by atoms with Crippen LogP contribution in [0, 0.1) is 11.6 Å². The van der Waals surface area contributed by atoms with Gasteiger partial charge < -0.3 is 19.9 Å². The molecule has 2 aromatic rings. The van der Waals surface area contributed by atoms with Crippen molar-refractivity contribution in [2.24, 2.45) is 0 Å². The molecule has 2 N–H and O–H groups in total. The minimum Gasteiger partial charge on any atom is -0.497 e. The van der Waals surface area contributed by atoms with Crippen LogP contribution in [0.25, 0.3) is 0 Å². The number of nitrogens with one attached hydrogen (secondary N) is 1. The van der Waals surface area contributed by atoms with Crippen molar-refractivity contribution in [1.29, 1.82) is 0 Å². The summed E-state index contributed by atoms with van der Waals surface area (Å²) in [4.78, 5) is 0. The molecule has 2 rings (SSSR count). The fraction of sp³-hybridized carbons (Fsp3) is 0.333. The second-order valence-corrected chi connectivity index (χ2v) is 5.46. The first-order valence-corrected chi connectivity index (χ1v) is 7.54. The summed E-state index contributed by atoms with van der Waals surface area (Å²) in [6.07, 6.45) is -0.865. The fourth-order valence-corrected chi connectivity index (χ4v) is 2.44. The van der Waals surface area contributed by atoms with Crippen LogP contribution in [-0.4, -0.2) is 25.9 Å². The molecule has 2 aromatic carbocycles. The summed E-state index contributed by atoms with van der Waals surface area (Å²) in [7, 11) is 3.06. The Labute approximate surface area is 140 Å². The summed E-state index contributed by atoms with van der Waals surface area (Å²) < 4.78 is 37.0. The second kappa shape index (κ2) is 8.08. The third-order valence-corrected chi connectivity index (χ3v) is 3.80. The first-order valence-electron chi connectivity index (χ1n) is 7.54. The molecular weight excluding hydrogens is 316 g/mol. The van der Waals surface area contributed by atoms with E-state index in [1.54, 1.807) is 25.1 Å². The SMILES string of the molecule is COc1ccc(OC)c(C(O)CNC(C)c2cc(F)cc(F)c2)c1. The lowest BCUT2D eigenvalue weighted by molar-refractivity contribution is 0.166. The van der Waals surface area contributed by atoms with Crippen molar-refractivity contribution in [3.63, 3.8) is 0 Å². The standard InChI is InChI=1S/C18H21F2NO3/c1-11(12-6-13(19)8-14(20)7-12)21-10-17(22)16-9-15(23-2)4-5-18(16)24-3/h4-9,11,17,21-22H,10H2,1-3H3. The number of hydrogen-bond donors (Lipinski definition) is 2. The zero-order valence-corrected chi connectivity index (χ0v) is 13.8. The van der Waals surface area contributed by atoms with Gasteiger partial charge in [-0.25, -0.2) is 8.78 Å². The van der Waals surface area contributed by atoms with Gasteiger partial charge in [-0.1, -0.05) is 0 Å². The van der Waals surface area contributed by atoms with Crippen LogP contribution in [0.1, 0.15) is 30.2 Å². The molecule has 130 valence electrons. The molecular formula is C18H21F2NO3. The van der Waals surface area contributed by atoms with Crippen molar-refractivity contribution in [3.05, 3.63) is 59.2 Å². The Hall–Kier alpha value is -2.18. The average Bonchev–Trinajstić information content (AvgIpc) is 2.57. The molecule has 0 fully saturated rings. The number of methoxy groups -OCH3 is 2. The molecule has 0 saturated carbocycles. The number of benzene rings is 2. The molecule has 0 heterocycles. The first kappa shape index (κ1) is 18.2. The minimum atomic E-state index is -0.865. The Bertz CT molecular complexity index is 674. The maximum Gasteiger partial charge on any atom is 0.126 e. The van der Waals surface area contributed by atoms with Crippen molar-refractivity contribution in [2.45, 2.75) is 19.1 Å². The van der Waals surface area contributed by atoms with Crippen molar-refractivity contribution < 1.29 is 23.4 Å². The Morgan fingerprint density at radius 1 is 1.04 bits per heavy atom. The molecule has 2 atom stereocenters. The lowest BCUT2D eigenvalue weighted by Gasteiger charge is -2.20. The van der Waals surface area contributed by atoms with Crippen LogP contribution in [0.2, 0.25) is 0 Å². The van der Waals surface area contributed by atoms with Crippen molar-refractivity contribution in [2.75, 3.05) is 20.8 Å². The number of ether oxygens (including phenoxy) is 2. The van der Waals surface area contributed by atoms with Crippen molar-refractivity contribution in [3.8, 4) is 11.5 Å². The van der Waals surface area contributed by atoms with E-state index in [0.717, 1.165) is 6.07 Å². The smallest absolute Gasteiger partial charge is 0.126 e. The van der Waals surface area contributed by atoms with Crippen LogP contribution in [0.5, 0.6) is 11.5 Å². The quantitative estimate of drug-likeness (QED) is 0.813. The van der Waals surface area contributed by atoms with E-state index < -0.39 is 17.7 Å². The van der Waals surface area contributed by atoms with Crippen molar-refractivity contribution in [1.82, 2.24) is 5.32 Å². The zero-order valence-electron chi connectivity index (χ0n) is 13.8. The maximum absolute atomic E-state index is 13.3. The lowest BCUT2D eigenvalue weighted by atomic mass is 10.1. The highest BCUT2D eigenvalue weighted by Crippen LogP contribution is 2.29. The van der Waals surface area contributed by atoms with Gasteiger partial charge in [-0.15, -0.1) is 0 Å². The van der Waals surface area contributed by atoms with Crippen LogP contribution in [0.3, 0.4) is 0 Å². The van der Waals surface area contributed by atoms with Crippen molar-refractivity contribution >= 4 is 0 Å². The number of hydrogen-bond acceptors (Lipinski definition) is 4. The molecule has 2 unspecified atom stereocenters. The summed E-state index contributed by atoms with van der Waals surface area (Å²) >= 11 is 0. The molecule has 0 amide bonds. The van der Waals surface area contributed by atoms with Gasteiger partial charge in [-0.2, -0.15) is 0 Å². The van der Waals surface area contributed by atoms with Gasteiger partial charge in [-0.3, -0.25) is 0 Å². The third-order valence-electron chi connectivity index (χ3n) is 3.80. The number of aliphatic hydroxyl groups is 1. The zero-order chi connectivity index (χ0) is 17.7. The fourth-order valence-electron chi connectivity index (χ4n) is 2.44. The van der Waals surface area contributed by atoms with E-state index in [4.69, 9.17) is 9.47 Å². The summed E-state index contributed by atoms with van der Waals surface area (Å²) in [5.41, 5.74) is 1.04. The Morgan fingerprint density at radius 2 is 1.71 bits per heavy atom. The molecule has 0 saturated heterocycles. The van der Waals surface area contributed by atoms with Gasteiger partial charge in [0.15, 0.2) is 0 Å². The number of rotatable bonds is 7. The monoisotopic (exact) mass is 337 g/mol. The van der Waals surface area contributed by atoms with Crippen LogP contribution in [-0.2, 0) is 0 Å². The topological polar surface area (TPSA) is 50.7 Å². The predicted molar refractivity (Wildman–Crippen MR) is 87.3 cm³/mol. The van der Waals surface area contributed by atoms with Crippen LogP contribution in [0.4, 0.5) is 8.78 Å². The summed E-state index contributed by atoms with van der Waals surface area (Å²) in [6.45, 7) is 1.95. The molecule has 0 aliphatic heterocycles.